The number of allylic oxidation sites excluding steroid dienone is 4. The van der Waals surface area contributed by atoms with Crippen molar-refractivity contribution in [3.8, 4) is 0 Å². The molecule has 2 nitrogen and oxygen atoms in total. The van der Waals surface area contributed by atoms with E-state index >= 15 is 0 Å². The molecule has 2 aromatic rings. The third-order valence-corrected chi connectivity index (χ3v) is 6.57. The fourth-order valence-electron chi connectivity index (χ4n) is 3.62. The van der Waals surface area contributed by atoms with Gasteiger partial charge in [-0.25, -0.2) is 0 Å². The quantitative estimate of drug-likeness (QED) is 0.187. The molecule has 0 spiro atoms. The topological polar surface area (TPSA) is 29.4 Å². The summed E-state index contributed by atoms with van der Waals surface area (Å²) in [6.07, 6.45) is 14.5. The minimum atomic E-state index is 0.0463. The van der Waals surface area contributed by atoms with Crippen molar-refractivity contribution >= 4 is 28.8 Å². The third kappa shape index (κ3) is 7.49. The molecule has 0 unspecified atom stereocenters. The molecule has 0 atom stereocenters. The Morgan fingerprint density at radius 2 is 1.75 bits per heavy atom. The van der Waals surface area contributed by atoms with Crippen molar-refractivity contribution in [3.63, 3.8) is 0 Å². The number of hydrogen-bond donors (Lipinski definition) is 0. The van der Waals surface area contributed by atoms with Gasteiger partial charge in [-0.15, -0.1) is 0 Å². The number of Topliss-reactive ketones (excluding diaryl/α,β-unsaturated/α-hetero) is 1. The Labute approximate surface area is 197 Å². The van der Waals surface area contributed by atoms with Crippen LogP contribution in [0.25, 0.3) is 5.57 Å². The fraction of sp³-hybridized carbons (Fsp3) is 0.310. The van der Waals surface area contributed by atoms with E-state index < -0.39 is 0 Å². The monoisotopic (exact) mass is 443 g/mol. The molecule has 0 saturated carbocycles. The molecule has 0 N–H and O–H groups in total. The van der Waals surface area contributed by atoms with Crippen LogP contribution >= 0.6 is 11.8 Å². The molecule has 0 saturated heterocycles. The van der Waals surface area contributed by atoms with Crippen molar-refractivity contribution < 1.29 is 4.79 Å². The molecule has 3 heteroatoms. The number of benzene rings is 2. The second-order valence-corrected chi connectivity index (χ2v) is 9.20. The van der Waals surface area contributed by atoms with E-state index in [1.165, 1.54) is 29.1 Å². The van der Waals surface area contributed by atoms with Crippen molar-refractivity contribution in [2.75, 3.05) is 6.54 Å². The van der Waals surface area contributed by atoms with E-state index in [2.05, 4.69) is 56.0 Å². The lowest BCUT2D eigenvalue weighted by Gasteiger charge is -2.12. The molecule has 1 aliphatic carbocycles. The number of aliphatic imine (C=N–C) groups is 1. The maximum atomic E-state index is 12.6. The summed E-state index contributed by atoms with van der Waals surface area (Å²) >= 11 is 1.79. The van der Waals surface area contributed by atoms with Gasteiger partial charge in [-0.05, 0) is 49.0 Å². The Balaban J connectivity index is 1.69. The van der Waals surface area contributed by atoms with E-state index in [9.17, 15) is 4.79 Å². The second kappa shape index (κ2) is 13.0. The molecule has 166 valence electrons. The molecule has 1 aliphatic rings. The number of carbonyl (C=O) groups excluding carboxylic acids is 1. The van der Waals surface area contributed by atoms with Crippen LogP contribution in [0.2, 0.25) is 0 Å². The van der Waals surface area contributed by atoms with Crippen LogP contribution in [0, 0.1) is 0 Å². The van der Waals surface area contributed by atoms with Crippen molar-refractivity contribution in [3.05, 3.63) is 95.4 Å². The minimum absolute atomic E-state index is 0.0463. The molecular formula is C29H33NOS. The van der Waals surface area contributed by atoms with E-state index in [0.29, 0.717) is 5.56 Å². The van der Waals surface area contributed by atoms with E-state index in [0.717, 1.165) is 42.5 Å². The summed E-state index contributed by atoms with van der Waals surface area (Å²) in [7, 11) is 0. The first-order chi connectivity index (χ1) is 15.7. The Bertz CT molecular complexity index is 984. The smallest absolute Gasteiger partial charge is 0.184 e. The SMILES string of the molecule is C=C(/C(CCCCCC)=N\CC(=O)c1ccccc1)c1ccc(SC2=CCCC=C2)cc1. The van der Waals surface area contributed by atoms with Crippen molar-refractivity contribution in [2.45, 2.75) is 56.8 Å². The molecule has 0 aliphatic heterocycles. The lowest BCUT2D eigenvalue weighted by Crippen LogP contribution is -2.09. The van der Waals surface area contributed by atoms with Crippen LogP contribution in [0.4, 0.5) is 0 Å². The Kier molecular flexibility index (Phi) is 9.77. The molecule has 0 fully saturated rings. The number of hydrogen-bond acceptors (Lipinski definition) is 3. The van der Waals surface area contributed by atoms with Gasteiger partial charge >= 0.3 is 0 Å². The van der Waals surface area contributed by atoms with Crippen LogP contribution in [0.5, 0.6) is 0 Å². The summed E-state index contributed by atoms with van der Waals surface area (Å²) < 4.78 is 0. The summed E-state index contributed by atoms with van der Waals surface area (Å²) in [6, 6.07) is 17.9. The van der Waals surface area contributed by atoms with Crippen LogP contribution in [0.3, 0.4) is 0 Å². The second-order valence-electron chi connectivity index (χ2n) is 8.05. The maximum absolute atomic E-state index is 12.6. The number of rotatable bonds is 12. The average Bonchev–Trinajstić information content (AvgIpc) is 2.84. The number of ketones is 1. The largest absolute Gasteiger partial charge is 0.292 e. The van der Waals surface area contributed by atoms with Gasteiger partial charge in [0.25, 0.3) is 0 Å². The van der Waals surface area contributed by atoms with Gasteiger partial charge in [0.05, 0.1) is 0 Å². The van der Waals surface area contributed by atoms with Crippen LogP contribution in [-0.4, -0.2) is 18.0 Å². The van der Waals surface area contributed by atoms with Gasteiger partial charge in [-0.2, -0.15) is 0 Å². The third-order valence-electron chi connectivity index (χ3n) is 5.52. The highest BCUT2D eigenvalue weighted by Gasteiger charge is 2.11. The lowest BCUT2D eigenvalue weighted by molar-refractivity contribution is 0.100. The van der Waals surface area contributed by atoms with Crippen molar-refractivity contribution in [1.29, 1.82) is 0 Å². The lowest BCUT2D eigenvalue weighted by atomic mass is 9.98. The predicted octanol–water partition coefficient (Wildman–Crippen LogP) is 8.32. The van der Waals surface area contributed by atoms with Gasteiger partial charge in [0.1, 0.15) is 6.54 Å². The molecular weight excluding hydrogens is 410 g/mol. The highest BCUT2D eigenvalue weighted by Crippen LogP contribution is 2.31. The van der Waals surface area contributed by atoms with Crippen molar-refractivity contribution in [1.82, 2.24) is 0 Å². The van der Waals surface area contributed by atoms with Gasteiger partial charge in [-0.1, -0.05) is 105 Å². The van der Waals surface area contributed by atoms with Gasteiger partial charge in [0, 0.05) is 21.1 Å². The van der Waals surface area contributed by atoms with E-state index in [-0.39, 0.29) is 12.3 Å². The minimum Gasteiger partial charge on any atom is -0.292 e. The molecule has 0 aromatic heterocycles. The molecule has 2 aromatic carbocycles. The maximum Gasteiger partial charge on any atom is 0.184 e. The summed E-state index contributed by atoms with van der Waals surface area (Å²) in [5, 5.41) is 0. The molecule has 0 radical (unpaired) electrons. The molecule has 0 amide bonds. The van der Waals surface area contributed by atoms with E-state index in [1.807, 2.05) is 30.3 Å². The van der Waals surface area contributed by atoms with Crippen LogP contribution in [0.1, 0.15) is 67.8 Å². The van der Waals surface area contributed by atoms with Gasteiger partial charge in [0.15, 0.2) is 5.78 Å². The zero-order chi connectivity index (χ0) is 22.6. The van der Waals surface area contributed by atoms with Crippen LogP contribution in [0.15, 0.2) is 94.2 Å². The van der Waals surface area contributed by atoms with Gasteiger partial charge in [-0.3, -0.25) is 9.79 Å². The van der Waals surface area contributed by atoms with Crippen LogP contribution in [-0.2, 0) is 0 Å². The summed E-state index contributed by atoms with van der Waals surface area (Å²) in [4.78, 5) is 19.8. The number of thioether (sulfide) groups is 1. The highest BCUT2D eigenvalue weighted by molar-refractivity contribution is 8.03. The molecule has 0 heterocycles. The summed E-state index contributed by atoms with van der Waals surface area (Å²) in [5.74, 6) is 0.0463. The first-order valence-electron chi connectivity index (χ1n) is 11.6. The van der Waals surface area contributed by atoms with Crippen molar-refractivity contribution in [2.24, 2.45) is 4.99 Å². The summed E-state index contributed by atoms with van der Waals surface area (Å²) in [5.41, 5.74) is 3.66. The standard InChI is InChI=1S/C29H33NOS/c1-3-4-5-12-17-28(30-22-29(31)25-13-8-6-9-14-25)23(2)24-18-20-27(21-19-24)32-26-15-10-7-11-16-26/h6,8-10,13-16,18-21H,2-5,7,11-12,17,22H2,1H3/b30-28-. The Morgan fingerprint density at radius 1 is 0.969 bits per heavy atom. The molecule has 3 rings (SSSR count). The van der Waals surface area contributed by atoms with Crippen LogP contribution < -0.4 is 0 Å². The number of unbranched alkanes of at least 4 members (excludes halogenated alkanes) is 3. The fourth-order valence-corrected chi connectivity index (χ4v) is 4.53. The average molecular weight is 444 g/mol. The number of nitrogens with zero attached hydrogens (tertiary/aromatic N) is 1. The summed E-state index contributed by atoms with van der Waals surface area (Å²) in [6.45, 7) is 6.73. The zero-order valence-electron chi connectivity index (χ0n) is 19.1. The molecule has 32 heavy (non-hydrogen) atoms. The zero-order valence-corrected chi connectivity index (χ0v) is 19.9. The molecule has 0 bridgehead atoms. The van der Waals surface area contributed by atoms with E-state index in [1.54, 1.807) is 11.8 Å². The van der Waals surface area contributed by atoms with E-state index in [4.69, 9.17) is 4.99 Å². The Morgan fingerprint density at radius 3 is 2.44 bits per heavy atom. The highest BCUT2D eigenvalue weighted by atomic mass is 32.2. The first-order valence-corrected chi connectivity index (χ1v) is 12.4. The number of carbonyl (C=O) groups is 1. The first kappa shape index (κ1) is 24.0. The predicted molar refractivity (Wildman–Crippen MR) is 140 cm³/mol. The van der Waals surface area contributed by atoms with Gasteiger partial charge in [0.2, 0.25) is 0 Å². The Hall–Kier alpha value is -2.65. The van der Waals surface area contributed by atoms with Gasteiger partial charge < -0.3 is 0 Å². The normalized spacial score (nSPS) is 13.7.